The molecule has 0 radical (unpaired) electrons. The number of ether oxygens (including phenoxy) is 1. The zero-order valence-electron chi connectivity index (χ0n) is 12.2. The van der Waals surface area contributed by atoms with Crippen LogP contribution in [0, 0.1) is 5.82 Å². The molecule has 1 heterocycles. The normalized spacial score (nSPS) is 22.4. The molecule has 0 atom stereocenters. The lowest BCUT2D eigenvalue weighted by Crippen LogP contribution is -2.56. The van der Waals surface area contributed by atoms with Crippen molar-refractivity contribution >= 4 is 5.69 Å². The summed E-state index contributed by atoms with van der Waals surface area (Å²) < 4.78 is 19.5. The summed E-state index contributed by atoms with van der Waals surface area (Å²) in [6, 6.07) is 5.03. The van der Waals surface area contributed by atoms with Gasteiger partial charge in [-0.15, -0.1) is 0 Å². The largest absolute Gasteiger partial charge is 0.396 e. The average molecular weight is 266 g/mol. The molecule has 19 heavy (non-hydrogen) atoms. The molecule has 1 fully saturated rings. The molecule has 0 saturated carbocycles. The van der Waals surface area contributed by atoms with E-state index in [1.54, 1.807) is 6.07 Å². The molecule has 2 rings (SSSR count). The summed E-state index contributed by atoms with van der Waals surface area (Å²) in [6.45, 7) is 10.7. The molecule has 1 aliphatic heterocycles. The number of nitrogens with zero attached hydrogens (tertiary/aromatic N) is 1. The molecule has 0 aliphatic carbocycles. The second kappa shape index (κ2) is 4.76. The van der Waals surface area contributed by atoms with Gasteiger partial charge in [-0.1, -0.05) is 6.07 Å². The molecule has 0 bridgehead atoms. The number of morpholine rings is 1. The summed E-state index contributed by atoms with van der Waals surface area (Å²) in [4.78, 5) is 2.30. The number of benzene rings is 1. The number of hydrogen-bond acceptors (Lipinski definition) is 3. The Morgan fingerprint density at radius 2 is 1.79 bits per heavy atom. The van der Waals surface area contributed by atoms with Crippen LogP contribution in [0.4, 0.5) is 10.1 Å². The van der Waals surface area contributed by atoms with E-state index in [0.717, 1.165) is 18.7 Å². The second-order valence-electron chi connectivity index (χ2n) is 6.62. The fourth-order valence-electron chi connectivity index (χ4n) is 2.98. The molecule has 1 saturated heterocycles. The first kappa shape index (κ1) is 14.3. The average Bonchev–Trinajstić information content (AvgIpc) is 2.18. The van der Waals surface area contributed by atoms with Crippen molar-refractivity contribution in [3.63, 3.8) is 0 Å². The van der Waals surface area contributed by atoms with E-state index >= 15 is 0 Å². The lowest BCUT2D eigenvalue weighted by atomic mass is 9.98. The van der Waals surface area contributed by atoms with Crippen LogP contribution in [0.25, 0.3) is 0 Å². The van der Waals surface area contributed by atoms with Gasteiger partial charge in [-0.3, -0.25) is 4.90 Å². The van der Waals surface area contributed by atoms with Gasteiger partial charge in [0.15, 0.2) is 0 Å². The van der Waals surface area contributed by atoms with Crippen molar-refractivity contribution in [3.05, 3.63) is 29.6 Å². The molecule has 2 N–H and O–H groups in total. The van der Waals surface area contributed by atoms with Gasteiger partial charge < -0.3 is 10.5 Å². The summed E-state index contributed by atoms with van der Waals surface area (Å²) in [7, 11) is 0. The molecule has 0 unspecified atom stereocenters. The van der Waals surface area contributed by atoms with Crippen molar-refractivity contribution < 1.29 is 9.13 Å². The minimum atomic E-state index is -0.343. The predicted octanol–water partition coefficient (Wildman–Crippen LogP) is 2.80. The summed E-state index contributed by atoms with van der Waals surface area (Å²) in [5.74, 6) is -0.343. The molecule has 3 nitrogen and oxygen atoms in total. The Hall–Kier alpha value is -1.13. The molecular formula is C15H23FN2O. The number of rotatable bonds is 2. The Morgan fingerprint density at radius 1 is 1.21 bits per heavy atom. The number of nitrogens with two attached hydrogens (primary N) is 1. The summed E-state index contributed by atoms with van der Waals surface area (Å²) in [5.41, 5.74) is 6.27. The zero-order valence-corrected chi connectivity index (χ0v) is 12.2. The fourth-order valence-corrected chi connectivity index (χ4v) is 2.98. The van der Waals surface area contributed by atoms with Crippen LogP contribution in [0.5, 0.6) is 0 Å². The maximum Gasteiger partial charge on any atom is 0.146 e. The van der Waals surface area contributed by atoms with Crippen LogP contribution in [0.2, 0.25) is 0 Å². The Morgan fingerprint density at radius 3 is 2.32 bits per heavy atom. The van der Waals surface area contributed by atoms with Gasteiger partial charge in [-0.2, -0.15) is 0 Å². The quantitative estimate of drug-likeness (QED) is 0.837. The van der Waals surface area contributed by atoms with Gasteiger partial charge in [0, 0.05) is 19.6 Å². The standard InChI is InChI=1S/C15H23FN2O/c1-14(2)9-18(10-15(3,4)19-14)8-11-5-6-13(17)12(16)7-11/h5-7H,8-10,17H2,1-4H3. The van der Waals surface area contributed by atoms with Gasteiger partial charge in [0.05, 0.1) is 16.9 Å². The van der Waals surface area contributed by atoms with Crippen molar-refractivity contribution in [1.29, 1.82) is 0 Å². The molecule has 0 spiro atoms. The first-order chi connectivity index (χ1) is 8.67. The van der Waals surface area contributed by atoms with Crippen LogP contribution in [0.3, 0.4) is 0 Å². The van der Waals surface area contributed by atoms with Crippen molar-refractivity contribution in [1.82, 2.24) is 4.90 Å². The monoisotopic (exact) mass is 266 g/mol. The van der Waals surface area contributed by atoms with Crippen LogP contribution < -0.4 is 5.73 Å². The van der Waals surface area contributed by atoms with E-state index in [2.05, 4.69) is 32.6 Å². The van der Waals surface area contributed by atoms with Gasteiger partial charge in [0.1, 0.15) is 5.82 Å². The van der Waals surface area contributed by atoms with Crippen molar-refractivity contribution in [2.45, 2.75) is 45.4 Å². The van der Waals surface area contributed by atoms with Gasteiger partial charge in [0.2, 0.25) is 0 Å². The fraction of sp³-hybridized carbons (Fsp3) is 0.600. The minimum absolute atomic E-state index is 0.186. The van der Waals surface area contributed by atoms with Crippen LogP contribution in [-0.2, 0) is 11.3 Å². The molecule has 1 aromatic carbocycles. The van der Waals surface area contributed by atoms with E-state index in [4.69, 9.17) is 10.5 Å². The summed E-state index contributed by atoms with van der Waals surface area (Å²) in [5, 5.41) is 0. The first-order valence-corrected chi connectivity index (χ1v) is 6.63. The van der Waals surface area contributed by atoms with E-state index in [9.17, 15) is 4.39 Å². The molecule has 0 aromatic heterocycles. The molecule has 1 aromatic rings. The number of hydrogen-bond donors (Lipinski definition) is 1. The number of halogens is 1. The van der Waals surface area contributed by atoms with Crippen molar-refractivity contribution in [2.24, 2.45) is 0 Å². The molecule has 106 valence electrons. The van der Waals surface area contributed by atoms with E-state index in [1.165, 1.54) is 6.07 Å². The van der Waals surface area contributed by atoms with E-state index < -0.39 is 0 Å². The highest BCUT2D eigenvalue weighted by Gasteiger charge is 2.37. The highest BCUT2D eigenvalue weighted by molar-refractivity contribution is 5.41. The Labute approximate surface area is 114 Å². The lowest BCUT2D eigenvalue weighted by Gasteiger charge is -2.47. The summed E-state index contributed by atoms with van der Waals surface area (Å²) >= 11 is 0. The first-order valence-electron chi connectivity index (χ1n) is 6.63. The van der Waals surface area contributed by atoms with E-state index in [-0.39, 0.29) is 22.7 Å². The SMILES string of the molecule is CC1(C)CN(Cc2ccc(N)c(F)c2)CC(C)(C)O1. The Balaban J connectivity index is 2.11. The maximum absolute atomic E-state index is 13.5. The molecule has 0 amide bonds. The Kier molecular flexibility index (Phi) is 3.58. The van der Waals surface area contributed by atoms with Crippen LogP contribution >= 0.6 is 0 Å². The second-order valence-corrected chi connectivity index (χ2v) is 6.62. The van der Waals surface area contributed by atoms with Gasteiger partial charge in [-0.25, -0.2) is 4.39 Å². The third-order valence-electron chi connectivity index (χ3n) is 3.23. The zero-order chi connectivity index (χ0) is 14.3. The van der Waals surface area contributed by atoms with Gasteiger partial charge in [0.25, 0.3) is 0 Å². The van der Waals surface area contributed by atoms with Crippen LogP contribution in [0.1, 0.15) is 33.3 Å². The summed E-state index contributed by atoms with van der Waals surface area (Å²) in [6.07, 6.45) is 0. The highest BCUT2D eigenvalue weighted by atomic mass is 19.1. The minimum Gasteiger partial charge on any atom is -0.396 e. The van der Waals surface area contributed by atoms with Crippen LogP contribution in [0.15, 0.2) is 18.2 Å². The molecule has 4 heteroatoms. The predicted molar refractivity (Wildman–Crippen MR) is 75.3 cm³/mol. The third kappa shape index (κ3) is 3.67. The highest BCUT2D eigenvalue weighted by Crippen LogP contribution is 2.29. The lowest BCUT2D eigenvalue weighted by molar-refractivity contribution is -0.182. The maximum atomic E-state index is 13.5. The smallest absolute Gasteiger partial charge is 0.146 e. The molecule has 1 aliphatic rings. The topological polar surface area (TPSA) is 38.5 Å². The van der Waals surface area contributed by atoms with E-state index in [0.29, 0.717) is 6.54 Å². The third-order valence-corrected chi connectivity index (χ3v) is 3.23. The van der Waals surface area contributed by atoms with E-state index in [1.807, 2.05) is 6.07 Å². The van der Waals surface area contributed by atoms with Gasteiger partial charge in [-0.05, 0) is 45.4 Å². The Bertz CT molecular complexity index is 455. The number of nitrogen functional groups attached to an aromatic ring is 1. The van der Waals surface area contributed by atoms with Crippen molar-refractivity contribution in [3.8, 4) is 0 Å². The van der Waals surface area contributed by atoms with Crippen molar-refractivity contribution in [2.75, 3.05) is 18.8 Å². The molecular weight excluding hydrogens is 243 g/mol. The van der Waals surface area contributed by atoms with Crippen LogP contribution in [-0.4, -0.2) is 29.2 Å². The van der Waals surface area contributed by atoms with Gasteiger partial charge >= 0.3 is 0 Å². The number of anilines is 1.